The number of amides is 1. The van der Waals surface area contributed by atoms with E-state index in [1.165, 1.54) is 0 Å². The third-order valence-corrected chi connectivity index (χ3v) is 1.17. The molecule has 4 nitrogen and oxygen atoms in total. The van der Waals surface area contributed by atoms with Gasteiger partial charge in [0.2, 0.25) is 0 Å². The van der Waals surface area contributed by atoms with Crippen LogP contribution >= 0.6 is 0 Å². The van der Waals surface area contributed by atoms with E-state index in [4.69, 9.17) is 5.84 Å². The topological polar surface area (TPSA) is 85.1 Å². The van der Waals surface area contributed by atoms with Crippen LogP contribution in [0.4, 0.5) is 0 Å². The fourth-order valence-electron chi connectivity index (χ4n) is 0.673. The maximum Gasteiger partial charge on any atom is 0.265 e. The molecule has 0 radical (unpaired) electrons. The average molecular weight is 189 g/mol. The normalized spacial score (nSPS) is 7.42. The molecule has 5 heteroatoms. The van der Waals surface area contributed by atoms with Crippen LogP contribution in [0.5, 0.6) is 0 Å². The van der Waals surface area contributed by atoms with Crippen molar-refractivity contribution in [1.82, 2.24) is 5.43 Å². The van der Waals surface area contributed by atoms with Crippen LogP contribution in [-0.2, 0) is 0 Å². The summed E-state index contributed by atoms with van der Waals surface area (Å²) in [5, 5.41) is 0. The van der Waals surface area contributed by atoms with Crippen molar-refractivity contribution in [2.75, 3.05) is 0 Å². The first-order valence-electron chi connectivity index (χ1n) is 2.90. The van der Waals surface area contributed by atoms with E-state index in [1.54, 1.807) is 24.3 Å². The highest BCUT2D eigenvalue weighted by Crippen LogP contribution is 1.95. The van der Waals surface area contributed by atoms with Crippen LogP contribution in [0.1, 0.15) is 10.4 Å². The predicted octanol–water partition coefficient (Wildman–Crippen LogP) is -2.88. The first kappa shape index (κ1) is 13.5. The molecular formula is C7H9ClN2O2-2. The van der Waals surface area contributed by atoms with Crippen LogP contribution in [0.3, 0.4) is 0 Å². The van der Waals surface area contributed by atoms with Gasteiger partial charge in [-0.15, -0.1) is 0 Å². The van der Waals surface area contributed by atoms with Crippen LogP contribution in [-0.4, -0.2) is 11.4 Å². The minimum absolute atomic E-state index is 0. The summed E-state index contributed by atoms with van der Waals surface area (Å²) in [6.45, 7) is 0. The van der Waals surface area contributed by atoms with Gasteiger partial charge in [0.25, 0.3) is 5.91 Å². The molecule has 0 saturated carbocycles. The fraction of sp³-hybridized carbons (Fsp3) is 0. The molecule has 0 heterocycles. The largest absolute Gasteiger partial charge is 1.00 e. The monoisotopic (exact) mass is 188 g/mol. The molecule has 1 aromatic rings. The van der Waals surface area contributed by atoms with Gasteiger partial charge in [-0.05, 0) is 12.1 Å². The van der Waals surface area contributed by atoms with Gasteiger partial charge in [-0.1, -0.05) is 18.2 Å². The van der Waals surface area contributed by atoms with Crippen molar-refractivity contribution >= 4 is 5.91 Å². The molecule has 0 fully saturated rings. The number of hydrazine groups is 1. The number of carbonyl (C=O) groups is 1. The van der Waals surface area contributed by atoms with Crippen molar-refractivity contribution in [3.63, 3.8) is 0 Å². The Hall–Kier alpha value is -1.10. The molecule has 12 heavy (non-hydrogen) atoms. The number of halogens is 1. The Morgan fingerprint density at radius 1 is 1.25 bits per heavy atom. The lowest BCUT2D eigenvalue weighted by Crippen LogP contribution is -3.00. The van der Waals surface area contributed by atoms with Gasteiger partial charge >= 0.3 is 0 Å². The second-order valence-corrected chi connectivity index (χ2v) is 1.84. The first-order chi connectivity index (χ1) is 4.84. The third kappa shape index (κ3) is 3.34. The molecule has 68 valence electrons. The molecule has 0 aliphatic carbocycles. The third-order valence-electron chi connectivity index (χ3n) is 1.17. The summed E-state index contributed by atoms with van der Waals surface area (Å²) < 4.78 is 0. The van der Waals surface area contributed by atoms with Crippen molar-refractivity contribution in [3.05, 3.63) is 35.9 Å². The maximum absolute atomic E-state index is 10.8. The summed E-state index contributed by atoms with van der Waals surface area (Å²) in [4.78, 5) is 10.8. The Balaban J connectivity index is 0. The van der Waals surface area contributed by atoms with Crippen LogP contribution in [0, 0.1) is 0 Å². The SMILES string of the molecule is NNC(=O)c1ccccc1.[Cl-].[OH-]. The van der Waals surface area contributed by atoms with Gasteiger partial charge in [0.15, 0.2) is 0 Å². The number of hydrogen-bond donors (Lipinski definition) is 2. The van der Waals surface area contributed by atoms with E-state index in [-0.39, 0.29) is 23.8 Å². The van der Waals surface area contributed by atoms with E-state index in [0.29, 0.717) is 5.56 Å². The molecule has 1 aromatic carbocycles. The smallest absolute Gasteiger partial charge is 0.265 e. The summed E-state index contributed by atoms with van der Waals surface area (Å²) in [5.41, 5.74) is 2.62. The van der Waals surface area contributed by atoms with E-state index in [2.05, 4.69) is 0 Å². The standard InChI is InChI=1S/C7H8N2O.ClH.H2O/c8-9-7(10)6-4-2-1-3-5-6;;/h1-5H,8H2,(H,9,10);1H;1H2/p-2. The summed E-state index contributed by atoms with van der Waals surface area (Å²) >= 11 is 0. The van der Waals surface area contributed by atoms with E-state index >= 15 is 0 Å². The van der Waals surface area contributed by atoms with E-state index < -0.39 is 0 Å². The second-order valence-electron chi connectivity index (χ2n) is 1.84. The Morgan fingerprint density at radius 2 is 1.75 bits per heavy atom. The zero-order valence-corrected chi connectivity index (χ0v) is 6.95. The van der Waals surface area contributed by atoms with Crippen LogP contribution in [0.15, 0.2) is 30.3 Å². The number of nitrogens with one attached hydrogen (secondary N) is 1. The molecule has 1 rings (SSSR count). The second kappa shape index (κ2) is 6.60. The van der Waals surface area contributed by atoms with Crippen LogP contribution in [0.25, 0.3) is 0 Å². The maximum atomic E-state index is 10.8. The number of carbonyl (C=O) groups excluding carboxylic acids is 1. The highest BCUT2D eigenvalue weighted by atomic mass is 35.5. The Bertz CT molecular complexity index is 228. The minimum Gasteiger partial charge on any atom is -1.00 e. The number of hydrogen-bond acceptors (Lipinski definition) is 3. The van der Waals surface area contributed by atoms with Crippen molar-refractivity contribution in [2.45, 2.75) is 0 Å². The van der Waals surface area contributed by atoms with Gasteiger partial charge in [-0.2, -0.15) is 0 Å². The van der Waals surface area contributed by atoms with E-state index in [1.807, 2.05) is 11.5 Å². The van der Waals surface area contributed by atoms with Crippen molar-refractivity contribution in [2.24, 2.45) is 5.84 Å². The van der Waals surface area contributed by atoms with Gasteiger partial charge in [-0.3, -0.25) is 10.2 Å². The van der Waals surface area contributed by atoms with Gasteiger partial charge < -0.3 is 17.9 Å². The summed E-state index contributed by atoms with van der Waals surface area (Å²) in [5.74, 6) is 4.64. The Labute approximate surface area is 76.5 Å². The molecular weight excluding hydrogens is 180 g/mol. The van der Waals surface area contributed by atoms with Gasteiger partial charge in [-0.25, -0.2) is 5.84 Å². The summed E-state index contributed by atoms with van der Waals surface area (Å²) in [6, 6.07) is 8.80. The summed E-state index contributed by atoms with van der Waals surface area (Å²) in [6.07, 6.45) is 0. The quantitative estimate of drug-likeness (QED) is 0.282. The molecule has 0 aliphatic rings. The number of benzene rings is 1. The Kier molecular flexibility index (Phi) is 7.42. The van der Waals surface area contributed by atoms with Crippen molar-refractivity contribution in [3.8, 4) is 0 Å². The molecule has 0 atom stereocenters. The van der Waals surface area contributed by atoms with Gasteiger partial charge in [0.1, 0.15) is 0 Å². The van der Waals surface area contributed by atoms with E-state index in [0.717, 1.165) is 0 Å². The van der Waals surface area contributed by atoms with E-state index in [9.17, 15) is 4.79 Å². The number of rotatable bonds is 1. The molecule has 4 N–H and O–H groups in total. The lowest BCUT2D eigenvalue weighted by molar-refractivity contribution is -0.0000114. The molecule has 0 unspecified atom stereocenters. The van der Waals surface area contributed by atoms with Gasteiger partial charge in [0.05, 0.1) is 0 Å². The molecule has 0 saturated heterocycles. The van der Waals surface area contributed by atoms with Crippen molar-refractivity contribution in [1.29, 1.82) is 0 Å². The zero-order valence-electron chi connectivity index (χ0n) is 6.20. The highest BCUT2D eigenvalue weighted by Gasteiger charge is 1.98. The lowest BCUT2D eigenvalue weighted by Gasteiger charge is -1.95. The molecule has 1 amide bonds. The lowest BCUT2D eigenvalue weighted by atomic mass is 10.2. The molecule has 0 spiro atoms. The van der Waals surface area contributed by atoms with Crippen LogP contribution < -0.4 is 23.7 Å². The van der Waals surface area contributed by atoms with Crippen molar-refractivity contribution < 1.29 is 22.7 Å². The molecule has 0 aromatic heterocycles. The van der Waals surface area contributed by atoms with Crippen LogP contribution in [0.2, 0.25) is 0 Å². The first-order valence-corrected chi connectivity index (χ1v) is 2.90. The fourth-order valence-corrected chi connectivity index (χ4v) is 0.673. The molecule has 0 bridgehead atoms. The summed E-state index contributed by atoms with van der Waals surface area (Å²) in [7, 11) is 0. The average Bonchev–Trinajstić information content (AvgIpc) is 2.05. The Morgan fingerprint density at radius 3 is 2.17 bits per heavy atom. The number of nitrogen functional groups attached to an aromatic ring is 1. The zero-order chi connectivity index (χ0) is 7.40. The predicted molar refractivity (Wildman–Crippen MR) is 40.0 cm³/mol. The molecule has 0 aliphatic heterocycles. The van der Waals surface area contributed by atoms with Gasteiger partial charge in [0, 0.05) is 5.56 Å². The highest BCUT2D eigenvalue weighted by molar-refractivity contribution is 5.93. The minimum atomic E-state index is -0.263. The number of nitrogens with two attached hydrogens (primary N) is 1.